The molecule has 244 valence electrons. The lowest BCUT2D eigenvalue weighted by Crippen LogP contribution is -2.11. The summed E-state index contributed by atoms with van der Waals surface area (Å²) >= 11 is 0. The van der Waals surface area contributed by atoms with Crippen LogP contribution in [0, 0.1) is 0 Å². The Morgan fingerprint density at radius 2 is 1.12 bits per heavy atom. The molecule has 2 aromatic heterocycles. The van der Waals surface area contributed by atoms with E-state index in [0.717, 1.165) is 55.3 Å². The molecule has 10 aromatic rings. The van der Waals surface area contributed by atoms with Gasteiger partial charge in [0.25, 0.3) is 0 Å². The first-order chi connectivity index (χ1) is 25.8. The first-order valence-corrected chi connectivity index (χ1v) is 17.6. The molecule has 8 aromatic carbocycles. The minimum absolute atomic E-state index is 0.790. The normalized spacial score (nSPS) is 11.5. The van der Waals surface area contributed by atoms with Gasteiger partial charge in [-0.15, -0.1) is 0 Å². The highest BCUT2D eigenvalue weighted by Gasteiger charge is 2.20. The number of benzene rings is 8. The molecule has 0 aliphatic rings. The summed E-state index contributed by atoms with van der Waals surface area (Å²) in [6, 6.07) is 65.4. The van der Waals surface area contributed by atoms with Crippen LogP contribution in [0.2, 0.25) is 0 Å². The molecule has 0 fully saturated rings. The summed E-state index contributed by atoms with van der Waals surface area (Å²) in [4.78, 5) is 6.71. The van der Waals surface area contributed by atoms with E-state index in [4.69, 9.17) is 4.42 Å². The van der Waals surface area contributed by atoms with E-state index in [2.05, 4.69) is 186 Å². The molecule has 0 aliphatic heterocycles. The Kier molecular flexibility index (Phi) is 7.14. The molecular weight excluding hydrogens is 633 g/mol. The standard InChI is InChI=1S/C49H32N2O/c1-3-11-33(12-4-1)37-17-9-19-40(28-37)51(47-20-10-18-38-29-48-46(31-45(38)47)43-25-26-50-32-49(43)52-48)41-23-24-42(44(30-41)35-14-5-2-6-15-35)39-22-21-34-13-7-8-16-36(34)27-39/h1-32H. The highest BCUT2D eigenvalue weighted by Crippen LogP contribution is 2.45. The molecule has 10 rings (SSSR count). The fourth-order valence-corrected chi connectivity index (χ4v) is 7.60. The molecule has 0 radical (unpaired) electrons. The van der Waals surface area contributed by atoms with Crippen LogP contribution in [0.25, 0.3) is 76.9 Å². The fraction of sp³-hybridized carbons (Fsp3) is 0. The molecule has 52 heavy (non-hydrogen) atoms. The summed E-state index contributed by atoms with van der Waals surface area (Å²) in [5.74, 6) is 0. The van der Waals surface area contributed by atoms with Gasteiger partial charge in [0.2, 0.25) is 0 Å². The van der Waals surface area contributed by atoms with E-state index in [9.17, 15) is 0 Å². The Bertz CT molecular complexity index is 2910. The predicted octanol–water partition coefficient (Wildman–Crippen LogP) is 13.8. The second kappa shape index (κ2) is 12.4. The van der Waals surface area contributed by atoms with Crippen molar-refractivity contribution in [3.05, 3.63) is 194 Å². The first-order valence-electron chi connectivity index (χ1n) is 17.6. The van der Waals surface area contributed by atoms with Crippen LogP contribution in [0.15, 0.2) is 199 Å². The van der Waals surface area contributed by atoms with Gasteiger partial charge in [0.1, 0.15) is 5.58 Å². The summed E-state index contributed by atoms with van der Waals surface area (Å²) in [6.07, 6.45) is 3.63. The number of hydrogen-bond acceptors (Lipinski definition) is 3. The summed E-state index contributed by atoms with van der Waals surface area (Å²) in [5.41, 5.74) is 12.0. The number of furan rings is 1. The van der Waals surface area contributed by atoms with E-state index in [-0.39, 0.29) is 0 Å². The van der Waals surface area contributed by atoms with Gasteiger partial charge < -0.3 is 9.32 Å². The maximum absolute atomic E-state index is 6.27. The van der Waals surface area contributed by atoms with Crippen molar-refractivity contribution in [1.29, 1.82) is 0 Å². The van der Waals surface area contributed by atoms with Crippen LogP contribution in [-0.2, 0) is 0 Å². The van der Waals surface area contributed by atoms with Crippen LogP contribution in [0.4, 0.5) is 17.1 Å². The van der Waals surface area contributed by atoms with Gasteiger partial charge in [-0.05, 0) is 104 Å². The lowest BCUT2D eigenvalue weighted by Gasteiger charge is -2.28. The van der Waals surface area contributed by atoms with E-state index < -0.39 is 0 Å². The maximum atomic E-state index is 6.27. The molecule has 0 atom stereocenters. The van der Waals surface area contributed by atoms with Gasteiger partial charge in [-0.3, -0.25) is 4.98 Å². The second-order valence-electron chi connectivity index (χ2n) is 13.2. The van der Waals surface area contributed by atoms with Gasteiger partial charge >= 0.3 is 0 Å². The first kappa shape index (κ1) is 29.9. The monoisotopic (exact) mass is 664 g/mol. The average molecular weight is 665 g/mol. The summed E-state index contributed by atoms with van der Waals surface area (Å²) < 4.78 is 6.27. The molecule has 0 aliphatic carbocycles. The van der Waals surface area contributed by atoms with Gasteiger partial charge in [-0.1, -0.05) is 127 Å². The second-order valence-corrected chi connectivity index (χ2v) is 13.2. The van der Waals surface area contributed by atoms with E-state index in [1.807, 2.05) is 12.3 Å². The smallest absolute Gasteiger partial charge is 0.153 e. The lowest BCUT2D eigenvalue weighted by molar-refractivity contribution is 0.667. The molecule has 3 heteroatoms. The van der Waals surface area contributed by atoms with Crippen molar-refractivity contribution < 1.29 is 4.42 Å². The molecule has 0 saturated carbocycles. The van der Waals surface area contributed by atoms with Crippen molar-refractivity contribution >= 4 is 60.5 Å². The molecular formula is C49H32N2O. The van der Waals surface area contributed by atoms with Crippen molar-refractivity contribution in [2.75, 3.05) is 4.90 Å². The molecule has 0 amide bonds. The highest BCUT2D eigenvalue weighted by molar-refractivity contribution is 6.13. The minimum Gasteiger partial charge on any atom is -0.454 e. The van der Waals surface area contributed by atoms with E-state index in [0.29, 0.717) is 0 Å². The number of pyridine rings is 1. The molecule has 0 bridgehead atoms. The third kappa shape index (κ3) is 5.19. The zero-order chi connectivity index (χ0) is 34.4. The molecule has 0 unspecified atom stereocenters. The van der Waals surface area contributed by atoms with Gasteiger partial charge in [-0.25, -0.2) is 0 Å². The minimum atomic E-state index is 0.790. The number of rotatable bonds is 6. The Morgan fingerprint density at radius 1 is 0.385 bits per heavy atom. The lowest BCUT2D eigenvalue weighted by atomic mass is 9.92. The van der Waals surface area contributed by atoms with Crippen molar-refractivity contribution in [2.24, 2.45) is 0 Å². The SMILES string of the molecule is c1ccc(-c2cccc(N(c3ccc(-c4ccc5ccccc5c4)c(-c4ccccc4)c3)c3cccc4cc5oc6cnccc6c5cc34)c2)cc1. The number of anilines is 3. The van der Waals surface area contributed by atoms with E-state index >= 15 is 0 Å². The quantitative estimate of drug-likeness (QED) is 0.177. The molecule has 0 N–H and O–H groups in total. The third-order valence-electron chi connectivity index (χ3n) is 10.1. The Labute approximate surface area is 301 Å². The zero-order valence-corrected chi connectivity index (χ0v) is 28.3. The van der Waals surface area contributed by atoms with Crippen molar-refractivity contribution in [3.63, 3.8) is 0 Å². The third-order valence-corrected chi connectivity index (χ3v) is 10.1. The van der Waals surface area contributed by atoms with Gasteiger partial charge in [0, 0.05) is 33.7 Å². The van der Waals surface area contributed by atoms with Crippen molar-refractivity contribution in [3.8, 4) is 33.4 Å². The number of aromatic nitrogens is 1. The Morgan fingerprint density at radius 3 is 1.98 bits per heavy atom. The van der Waals surface area contributed by atoms with Crippen LogP contribution in [-0.4, -0.2) is 4.98 Å². The number of fused-ring (bicyclic) bond motifs is 5. The van der Waals surface area contributed by atoms with Crippen LogP contribution < -0.4 is 4.90 Å². The predicted molar refractivity (Wildman–Crippen MR) is 218 cm³/mol. The molecule has 2 heterocycles. The topological polar surface area (TPSA) is 29.3 Å². The maximum Gasteiger partial charge on any atom is 0.153 e. The van der Waals surface area contributed by atoms with Crippen LogP contribution in [0.1, 0.15) is 0 Å². The van der Waals surface area contributed by atoms with Crippen LogP contribution in [0.3, 0.4) is 0 Å². The molecule has 3 nitrogen and oxygen atoms in total. The molecule has 0 spiro atoms. The largest absolute Gasteiger partial charge is 0.454 e. The van der Waals surface area contributed by atoms with E-state index in [1.165, 1.54) is 38.6 Å². The van der Waals surface area contributed by atoms with Crippen LogP contribution in [0.5, 0.6) is 0 Å². The van der Waals surface area contributed by atoms with Crippen molar-refractivity contribution in [1.82, 2.24) is 4.98 Å². The van der Waals surface area contributed by atoms with Crippen molar-refractivity contribution in [2.45, 2.75) is 0 Å². The summed E-state index contributed by atoms with van der Waals surface area (Å²) in [7, 11) is 0. The number of hydrogen-bond donors (Lipinski definition) is 0. The average Bonchev–Trinajstić information content (AvgIpc) is 3.58. The zero-order valence-electron chi connectivity index (χ0n) is 28.3. The van der Waals surface area contributed by atoms with Gasteiger partial charge in [0.05, 0.1) is 11.9 Å². The van der Waals surface area contributed by atoms with Gasteiger partial charge in [0.15, 0.2) is 5.58 Å². The fourth-order valence-electron chi connectivity index (χ4n) is 7.60. The Balaban J connectivity index is 1.23. The molecule has 0 saturated heterocycles. The van der Waals surface area contributed by atoms with Crippen LogP contribution >= 0.6 is 0 Å². The highest BCUT2D eigenvalue weighted by atomic mass is 16.3. The summed E-state index contributed by atoms with van der Waals surface area (Å²) in [6.45, 7) is 0. The number of nitrogens with zero attached hydrogens (tertiary/aromatic N) is 2. The van der Waals surface area contributed by atoms with Gasteiger partial charge in [-0.2, -0.15) is 0 Å². The summed E-state index contributed by atoms with van der Waals surface area (Å²) in [5, 5.41) is 6.85. The Hall–Kier alpha value is -6.97. The van der Waals surface area contributed by atoms with E-state index in [1.54, 1.807) is 6.20 Å².